The van der Waals surface area contributed by atoms with Crippen LogP contribution in [0.25, 0.3) is 0 Å². The summed E-state index contributed by atoms with van der Waals surface area (Å²) in [4.78, 5) is 2.47. The molecule has 98 valence electrons. The summed E-state index contributed by atoms with van der Waals surface area (Å²) in [6.07, 6.45) is 2.44. The summed E-state index contributed by atoms with van der Waals surface area (Å²) >= 11 is 5.94. The van der Waals surface area contributed by atoms with E-state index < -0.39 is 0 Å². The highest BCUT2D eigenvalue weighted by atomic mass is 35.5. The summed E-state index contributed by atoms with van der Waals surface area (Å²) in [5, 5.41) is 0.804. The third-order valence-corrected chi connectivity index (χ3v) is 3.99. The highest BCUT2D eigenvalue weighted by Gasteiger charge is 2.16. The van der Waals surface area contributed by atoms with E-state index in [-0.39, 0.29) is 0 Å². The molecule has 0 aromatic heterocycles. The van der Waals surface area contributed by atoms with E-state index in [2.05, 4.69) is 42.2 Å². The second-order valence-electron chi connectivity index (χ2n) is 5.28. The minimum absolute atomic E-state index is 0.804. The summed E-state index contributed by atoms with van der Waals surface area (Å²) in [5.41, 5.74) is 5.55. The fourth-order valence-corrected chi connectivity index (χ4v) is 2.90. The van der Waals surface area contributed by atoms with Crippen LogP contribution in [0.3, 0.4) is 0 Å². The van der Waals surface area contributed by atoms with Gasteiger partial charge in [0, 0.05) is 23.8 Å². The van der Waals surface area contributed by atoms with E-state index in [0.717, 1.165) is 18.1 Å². The fourth-order valence-electron chi connectivity index (χ4n) is 2.78. The summed E-state index contributed by atoms with van der Waals surface area (Å²) in [6, 6.07) is 15.0. The van der Waals surface area contributed by atoms with Crippen LogP contribution in [-0.4, -0.2) is 6.54 Å². The molecule has 0 N–H and O–H groups in total. The molecule has 2 aromatic carbocycles. The molecule has 0 amide bonds. The van der Waals surface area contributed by atoms with Crippen LogP contribution in [-0.2, 0) is 13.0 Å². The Balaban J connectivity index is 1.85. The summed E-state index contributed by atoms with van der Waals surface area (Å²) in [7, 11) is 0. The molecular formula is C17H18ClN. The van der Waals surface area contributed by atoms with Crippen LogP contribution in [0.2, 0.25) is 5.02 Å². The molecule has 2 aromatic rings. The molecule has 19 heavy (non-hydrogen) atoms. The van der Waals surface area contributed by atoms with Crippen LogP contribution in [0.5, 0.6) is 0 Å². The maximum atomic E-state index is 5.94. The molecule has 1 aliphatic heterocycles. The van der Waals surface area contributed by atoms with Gasteiger partial charge in [-0.25, -0.2) is 0 Å². The molecule has 1 aliphatic rings. The number of nitrogens with zero attached hydrogens (tertiary/aromatic N) is 1. The van der Waals surface area contributed by atoms with Crippen LogP contribution in [0.4, 0.5) is 5.69 Å². The molecule has 0 fully saturated rings. The molecule has 0 spiro atoms. The Kier molecular flexibility index (Phi) is 3.48. The lowest BCUT2D eigenvalue weighted by Gasteiger charge is -2.31. The van der Waals surface area contributed by atoms with Crippen LogP contribution in [0.1, 0.15) is 23.1 Å². The van der Waals surface area contributed by atoms with Crippen LogP contribution >= 0.6 is 11.6 Å². The Hall–Kier alpha value is -1.47. The van der Waals surface area contributed by atoms with Crippen LogP contribution in [0.15, 0.2) is 42.5 Å². The Bertz CT molecular complexity index is 574. The van der Waals surface area contributed by atoms with E-state index in [9.17, 15) is 0 Å². The van der Waals surface area contributed by atoms with Crippen molar-refractivity contribution in [1.29, 1.82) is 0 Å². The molecule has 0 unspecified atom stereocenters. The lowest BCUT2D eigenvalue weighted by molar-refractivity contribution is 0.691. The van der Waals surface area contributed by atoms with Gasteiger partial charge in [-0.2, -0.15) is 0 Å². The number of benzene rings is 2. The van der Waals surface area contributed by atoms with Crippen molar-refractivity contribution >= 4 is 17.3 Å². The van der Waals surface area contributed by atoms with Crippen molar-refractivity contribution in [3.05, 3.63) is 64.2 Å². The topological polar surface area (TPSA) is 3.24 Å². The monoisotopic (exact) mass is 271 g/mol. The molecule has 2 heteroatoms. The SMILES string of the molecule is Cc1ccc2c(c1)CCCN2Cc1ccc(Cl)cc1. The summed E-state index contributed by atoms with van der Waals surface area (Å²) in [6.45, 7) is 4.27. The zero-order valence-corrected chi connectivity index (χ0v) is 12.0. The van der Waals surface area contributed by atoms with Gasteiger partial charge in [-0.05, 0) is 49.1 Å². The molecule has 0 saturated heterocycles. The largest absolute Gasteiger partial charge is 0.367 e. The second-order valence-corrected chi connectivity index (χ2v) is 5.72. The molecule has 0 bridgehead atoms. The van der Waals surface area contributed by atoms with Gasteiger partial charge in [0.1, 0.15) is 0 Å². The molecule has 0 aliphatic carbocycles. The zero-order valence-electron chi connectivity index (χ0n) is 11.2. The maximum absolute atomic E-state index is 5.94. The minimum atomic E-state index is 0.804. The Morgan fingerprint density at radius 2 is 1.89 bits per heavy atom. The number of halogens is 1. The average molecular weight is 272 g/mol. The van der Waals surface area contributed by atoms with Gasteiger partial charge in [-0.15, -0.1) is 0 Å². The van der Waals surface area contributed by atoms with E-state index in [1.807, 2.05) is 12.1 Å². The fraction of sp³-hybridized carbons (Fsp3) is 0.294. The highest BCUT2D eigenvalue weighted by molar-refractivity contribution is 6.30. The molecule has 0 atom stereocenters. The van der Waals surface area contributed by atoms with Crippen molar-refractivity contribution in [3.63, 3.8) is 0 Å². The first-order valence-electron chi connectivity index (χ1n) is 6.81. The van der Waals surface area contributed by atoms with Crippen molar-refractivity contribution in [1.82, 2.24) is 0 Å². The van der Waals surface area contributed by atoms with E-state index in [0.29, 0.717) is 0 Å². The van der Waals surface area contributed by atoms with Crippen molar-refractivity contribution in [2.75, 3.05) is 11.4 Å². The number of rotatable bonds is 2. The first-order chi connectivity index (χ1) is 9.22. The van der Waals surface area contributed by atoms with Crippen LogP contribution in [0, 0.1) is 6.92 Å². The second kappa shape index (κ2) is 5.26. The number of hydrogen-bond donors (Lipinski definition) is 0. The van der Waals surface area contributed by atoms with E-state index >= 15 is 0 Å². The van der Waals surface area contributed by atoms with Gasteiger partial charge in [-0.3, -0.25) is 0 Å². The molecule has 1 nitrogen and oxygen atoms in total. The first-order valence-corrected chi connectivity index (χ1v) is 7.19. The molecule has 0 saturated carbocycles. The summed E-state index contributed by atoms with van der Waals surface area (Å²) in [5.74, 6) is 0. The van der Waals surface area contributed by atoms with Gasteiger partial charge >= 0.3 is 0 Å². The predicted octanol–water partition coefficient (Wildman–Crippen LogP) is 4.60. The van der Waals surface area contributed by atoms with Gasteiger partial charge in [0.2, 0.25) is 0 Å². The predicted molar refractivity (Wildman–Crippen MR) is 82.0 cm³/mol. The third kappa shape index (κ3) is 2.76. The van der Waals surface area contributed by atoms with E-state index in [4.69, 9.17) is 11.6 Å². The lowest BCUT2D eigenvalue weighted by atomic mass is 9.99. The van der Waals surface area contributed by atoms with E-state index in [1.54, 1.807) is 0 Å². The number of hydrogen-bond acceptors (Lipinski definition) is 1. The quantitative estimate of drug-likeness (QED) is 0.771. The Labute approximate surface area is 119 Å². The van der Waals surface area contributed by atoms with Crippen LogP contribution < -0.4 is 4.90 Å². The van der Waals surface area contributed by atoms with Crippen molar-refractivity contribution < 1.29 is 0 Å². The van der Waals surface area contributed by atoms with Gasteiger partial charge < -0.3 is 4.90 Å². The smallest absolute Gasteiger partial charge is 0.0429 e. The minimum Gasteiger partial charge on any atom is -0.367 e. The third-order valence-electron chi connectivity index (χ3n) is 3.74. The molecule has 3 rings (SSSR count). The standard InChI is InChI=1S/C17H18ClN/c1-13-4-9-17-15(11-13)3-2-10-19(17)12-14-5-7-16(18)8-6-14/h4-9,11H,2-3,10,12H2,1H3. The number of aryl methyl sites for hydroxylation is 2. The van der Waals surface area contributed by atoms with Crippen molar-refractivity contribution in [2.45, 2.75) is 26.3 Å². The molecule has 1 heterocycles. The van der Waals surface area contributed by atoms with Gasteiger partial charge in [0.15, 0.2) is 0 Å². The number of fused-ring (bicyclic) bond motifs is 1. The maximum Gasteiger partial charge on any atom is 0.0429 e. The van der Waals surface area contributed by atoms with Gasteiger partial charge in [-0.1, -0.05) is 41.4 Å². The van der Waals surface area contributed by atoms with Crippen molar-refractivity contribution in [3.8, 4) is 0 Å². The molecule has 0 radical (unpaired) electrons. The van der Waals surface area contributed by atoms with Gasteiger partial charge in [0.05, 0.1) is 0 Å². The Morgan fingerprint density at radius 3 is 2.68 bits per heavy atom. The first kappa shape index (κ1) is 12.6. The molecular weight excluding hydrogens is 254 g/mol. The average Bonchev–Trinajstić information content (AvgIpc) is 2.41. The number of anilines is 1. The Morgan fingerprint density at radius 1 is 1.11 bits per heavy atom. The normalized spacial score (nSPS) is 14.3. The van der Waals surface area contributed by atoms with E-state index in [1.165, 1.54) is 35.2 Å². The zero-order chi connectivity index (χ0) is 13.2. The van der Waals surface area contributed by atoms with Gasteiger partial charge in [0.25, 0.3) is 0 Å². The van der Waals surface area contributed by atoms with Crippen molar-refractivity contribution in [2.24, 2.45) is 0 Å². The highest BCUT2D eigenvalue weighted by Crippen LogP contribution is 2.29. The lowest BCUT2D eigenvalue weighted by Crippen LogP contribution is -2.28. The summed E-state index contributed by atoms with van der Waals surface area (Å²) < 4.78 is 0.